The molecule has 7 nitrogen and oxygen atoms in total. The van der Waals surface area contributed by atoms with Gasteiger partial charge in [0, 0.05) is 39.8 Å². The molecular formula is C17H25IN6O. The number of hydrogen-bond acceptors (Lipinski definition) is 5. The van der Waals surface area contributed by atoms with E-state index in [0.29, 0.717) is 18.3 Å². The van der Waals surface area contributed by atoms with Crippen LogP contribution in [0.3, 0.4) is 0 Å². The predicted octanol–water partition coefficient (Wildman–Crippen LogP) is 1.89. The van der Waals surface area contributed by atoms with Crippen molar-refractivity contribution in [1.82, 2.24) is 25.3 Å². The standard InChI is InChI=1S/C17H24N6O.HI/c1-14-20-16(24-21-14)12-19-17(18-2)23-10-8-22(9-11-23)13-15-6-4-3-5-7-15;/h3-7H,8-13H2,1-2H3,(H,18,19);1H. The lowest BCUT2D eigenvalue weighted by Gasteiger charge is -2.36. The molecule has 25 heavy (non-hydrogen) atoms. The molecule has 0 saturated carbocycles. The summed E-state index contributed by atoms with van der Waals surface area (Å²) in [5, 5.41) is 7.09. The van der Waals surface area contributed by atoms with E-state index in [9.17, 15) is 0 Å². The Morgan fingerprint density at radius 3 is 2.52 bits per heavy atom. The van der Waals surface area contributed by atoms with E-state index in [4.69, 9.17) is 4.52 Å². The molecule has 1 N–H and O–H groups in total. The number of piperazine rings is 1. The highest BCUT2D eigenvalue weighted by Crippen LogP contribution is 2.08. The first-order valence-corrected chi connectivity index (χ1v) is 8.25. The molecule has 2 aromatic rings. The number of nitrogens with zero attached hydrogens (tertiary/aromatic N) is 5. The summed E-state index contributed by atoms with van der Waals surface area (Å²) >= 11 is 0. The Bertz CT molecular complexity index is 667. The van der Waals surface area contributed by atoms with Crippen molar-refractivity contribution in [1.29, 1.82) is 0 Å². The fraction of sp³-hybridized carbons (Fsp3) is 0.471. The Morgan fingerprint density at radius 1 is 1.20 bits per heavy atom. The van der Waals surface area contributed by atoms with Gasteiger partial charge >= 0.3 is 0 Å². The Morgan fingerprint density at radius 2 is 1.92 bits per heavy atom. The highest BCUT2D eigenvalue weighted by atomic mass is 127. The smallest absolute Gasteiger partial charge is 0.246 e. The molecular weight excluding hydrogens is 431 g/mol. The summed E-state index contributed by atoms with van der Waals surface area (Å²) in [6.07, 6.45) is 0. The van der Waals surface area contributed by atoms with Crippen molar-refractivity contribution in [3.63, 3.8) is 0 Å². The lowest BCUT2D eigenvalue weighted by atomic mass is 10.2. The van der Waals surface area contributed by atoms with Gasteiger partial charge in [0.05, 0.1) is 6.54 Å². The van der Waals surface area contributed by atoms with Gasteiger partial charge in [-0.05, 0) is 12.5 Å². The van der Waals surface area contributed by atoms with Crippen LogP contribution in [0.4, 0.5) is 0 Å². The summed E-state index contributed by atoms with van der Waals surface area (Å²) in [5.74, 6) is 2.11. The maximum Gasteiger partial charge on any atom is 0.246 e. The average Bonchev–Trinajstić information content (AvgIpc) is 3.03. The molecule has 0 aliphatic carbocycles. The Hall–Kier alpha value is -1.68. The molecule has 3 rings (SSSR count). The van der Waals surface area contributed by atoms with Crippen molar-refractivity contribution in [2.75, 3.05) is 33.2 Å². The van der Waals surface area contributed by atoms with Crippen molar-refractivity contribution in [3.05, 3.63) is 47.6 Å². The molecule has 1 fully saturated rings. The van der Waals surface area contributed by atoms with Crippen LogP contribution in [0.1, 0.15) is 17.3 Å². The van der Waals surface area contributed by atoms with Gasteiger partial charge in [0.1, 0.15) is 0 Å². The fourth-order valence-corrected chi connectivity index (χ4v) is 2.86. The number of benzene rings is 1. The predicted molar refractivity (Wildman–Crippen MR) is 108 cm³/mol. The van der Waals surface area contributed by atoms with Gasteiger partial charge < -0.3 is 14.7 Å². The van der Waals surface area contributed by atoms with Crippen LogP contribution in [-0.4, -0.2) is 59.1 Å². The molecule has 136 valence electrons. The number of rotatable bonds is 4. The zero-order chi connectivity index (χ0) is 16.8. The summed E-state index contributed by atoms with van der Waals surface area (Å²) in [4.78, 5) is 13.3. The van der Waals surface area contributed by atoms with Gasteiger partial charge in [-0.25, -0.2) is 0 Å². The van der Waals surface area contributed by atoms with Crippen LogP contribution >= 0.6 is 24.0 Å². The molecule has 0 bridgehead atoms. The second-order valence-corrected chi connectivity index (χ2v) is 5.88. The number of aromatic nitrogens is 2. The zero-order valence-electron chi connectivity index (χ0n) is 14.7. The van der Waals surface area contributed by atoms with Gasteiger partial charge in [0.2, 0.25) is 5.89 Å². The van der Waals surface area contributed by atoms with Gasteiger partial charge in [-0.3, -0.25) is 9.89 Å². The molecule has 0 unspecified atom stereocenters. The summed E-state index contributed by atoms with van der Waals surface area (Å²) < 4.78 is 5.12. The Kier molecular flexibility index (Phi) is 7.63. The average molecular weight is 456 g/mol. The number of aryl methyl sites for hydroxylation is 1. The molecule has 1 aliphatic rings. The molecule has 1 aromatic carbocycles. The van der Waals surface area contributed by atoms with E-state index in [-0.39, 0.29) is 24.0 Å². The number of guanidine groups is 1. The molecule has 2 heterocycles. The van der Waals surface area contributed by atoms with Crippen molar-refractivity contribution in [2.45, 2.75) is 20.0 Å². The molecule has 1 saturated heterocycles. The lowest BCUT2D eigenvalue weighted by Crippen LogP contribution is -2.52. The summed E-state index contributed by atoms with van der Waals surface area (Å²) in [6, 6.07) is 10.6. The maximum absolute atomic E-state index is 5.12. The van der Waals surface area contributed by atoms with Crippen LogP contribution in [0.5, 0.6) is 0 Å². The molecule has 0 spiro atoms. The summed E-state index contributed by atoms with van der Waals surface area (Å²) in [6.45, 7) is 7.27. The highest BCUT2D eigenvalue weighted by molar-refractivity contribution is 14.0. The SMILES string of the molecule is CN=C(NCc1nc(C)no1)N1CCN(Cc2ccccc2)CC1.I. The number of hydrogen-bond donors (Lipinski definition) is 1. The van der Waals surface area contributed by atoms with Gasteiger partial charge in [0.25, 0.3) is 0 Å². The van der Waals surface area contributed by atoms with E-state index >= 15 is 0 Å². The van der Waals surface area contributed by atoms with Crippen LogP contribution in [0.15, 0.2) is 39.8 Å². The molecule has 8 heteroatoms. The van der Waals surface area contributed by atoms with Crippen LogP contribution in [0, 0.1) is 6.92 Å². The largest absolute Gasteiger partial charge is 0.347 e. The van der Waals surface area contributed by atoms with E-state index < -0.39 is 0 Å². The highest BCUT2D eigenvalue weighted by Gasteiger charge is 2.19. The van der Waals surface area contributed by atoms with Crippen molar-refractivity contribution >= 4 is 29.9 Å². The van der Waals surface area contributed by atoms with E-state index in [1.54, 1.807) is 7.05 Å². The van der Waals surface area contributed by atoms with E-state index in [2.05, 4.69) is 60.6 Å². The normalized spacial score (nSPS) is 15.8. The van der Waals surface area contributed by atoms with Crippen LogP contribution in [-0.2, 0) is 13.1 Å². The van der Waals surface area contributed by atoms with E-state index in [0.717, 1.165) is 38.7 Å². The molecule has 0 atom stereocenters. The minimum absolute atomic E-state index is 0. The third kappa shape index (κ3) is 5.67. The molecule has 0 radical (unpaired) electrons. The third-order valence-electron chi connectivity index (χ3n) is 4.10. The quantitative estimate of drug-likeness (QED) is 0.431. The van der Waals surface area contributed by atoms with Gasteiger partial charge in [-0.15, -0.1) is 24.0 Å². The van der Waals surface area contributed by atoms with Gasteiger partial charge in [-0.1, -0.05) is 35.5 Å². The maximum atomic E-state index is 5.12. The number of halogens is 1. The fourth-order valence-electron chi connectivity index (χ4n) is 2.86. The van der Waals surface area contributed by atoms with Crippen LogP contribution in [0.25, 0.3) is 0 Å². The van der Waals surface area contributed by atoms with E-state index in [1.165, 1.54) is 5.56 Å². The number of nitrogens with one attached hydrogen (secondary N) is 1. The van der Waals surface area contributed by atoms with Crippen molar-refractivity contribution in [2.24, 2.45) is 4.99 Å². The van der Waals surface area contributed by atoms with Gasteiger partial charge in [0.15, 0.2) is 11.8 Å². The first-order valence-electron chi connectivity index (χ1n) is 8.25. The van der Waals surface area contributed by atoms with Crippen LogP contribution in [0.2, 0.25) is 0 Å². The first-order chi connectivity index (χ1) is 11.7. The van der Waals surface area contributed by atoms with Gasteiger partial charge in [-0.2, -0.15) is 4.98 Å². The van der Waals surface area contributed by atoms with Crippen molar-refractivity contribution < 1.29 is 4.52 Å². The Labute approximate surface area is 165 Å². The molecule has 1 aliphatic heterocycles. The third-order valence-corrected chi connectivity index (χ3v) is 4.10. The first kappa shape index (κ1) is 19.6. The lowest BCUT2D eigenvalue weighted by molar-refractivity contribution is 0.172. The monoisotopic (exact) mass is 456 g/mol. The summed E-state index contributed by atoms with van der Waals surface area (Å²) in [7, 11) is 1.80. The zero-order valence-corrected chi connectivity index (χ0v) is 17.0. The number of aliphatic imine (C=N–C) groups is 1. The second-order valence-electron chi connectivity index (χ2n) is 5.88. The van der Waals surface area contributed by atoms with E-state index in [1.807, 2.05) is 6.92 Å². The van der Waals surface area contributed by atoms with Crippen LogP contribution < -0.4 is 5.32 Å². The molecule has 0 amide bonds. The molecule has 1 aromatic heterocycles. The summed E-state index contributed by atoms with van der Waals surface area (Å²) in [5.41, 5.74) is 1.36. The topological polar surface area (TPSA) is 69.8 Å². The minimum Gasteiger partial charge on any atom is -0.347 e. The van der Waals surface area contributed by atoms with Crippen molar-refractivity contribution in [3.8, 4) is 0 Å². The minimum atomic E-state index is 0. The second kappa shape index (κ2) is 9.71. The Balaban J connectivity index is 0.00000225.